The second-order valence-corrected chi connectivity index (χ2v) is 8.73. The quantitative estimate of drug-likeness (QED) is 0.511. The molecule has 2 aromatic rings. The zero-order valence-electron chi connectivity index (χ0n) is 17.8. The number of ether oxygens (including phenoxy) is 1. The van der Waals surface area contributed by atoms with Crippen LogP contribution in [0, 0.1) is 11.8 Å². The van der Waals surface area contributed by atoms with Crippen LogP contribution >= 0.6 is 0 Å². The van der Waals surface area contributed by atoms with Crippen molar-refractivity contribution in [2.24, 2.45) is 11.8 Å². The first-order valence-corrected chi connectivity index (χ1v) is 11.2. The number of pyridine rings is 1. The molecule has 0 radical (unpaired) electrons. The molecule has 4 heteroatoms. The lowest BCUT2D eigenvalue weighted by Gasteiger charge is -2.50. The number of hydrogen-bond acceptors (Lipinski definition) is 4. The van der Waals surface area contributed by atoms with Crippen LogP contribution in [0.5, 0.6) is 5.75 Å². The number of aliphatic hydroxyl groups is 1. The third-order valence-electron chi connectivity index (χ3n) is 6.97. The highest BCUT2D eigenvalue weighted by atomic mass is 16.5. The van der Waals surface area contributed by atoms with Crippen molar-refractivity contribution >= 4 is 10.9 Å². The summed E-state index contributed by atoms with van der Waals surface area (Å²) in [6.45, 7) is 8.34. The Hall–Kier alpha value is -1.91. The summed E-state index contributed by atoms with van der Waals surface area (Å²) in [5.74, 6) is 2.01. The van der Waals surface area contributed by atoms with Crippen LogP contribution in [0.1, 0.15) is 56.4 Å². The van der Waals surface area contributed by atoms with Crippen molar-refractivity contribution in [3.63, 3.8) is 0 Å². The molecule has 1 aromatic carbocycles. The van der Waals surface area contributed by atoms with Crippen LogP contribution in [0.25, 0.3) is 10.9 Å². The van der Waals surface area contributed by atoms with Crippen molar-refractivity contribution in [2.75, 3.05) is 20.2 Å². The first-order valence-electron chi connectivity index (χ1n) is 11.2. The summed E-state index contributed by atoms with van der Waals surface area (Å²) in [4.78, 5) is 7.36. The predicted molar refractivity (Wildman–Crippen MR) is 118 cm³/mol. The zero-order chi connectivity index (χ0) is 20.4. The molecule has 1 N–H and O–H groups in total. The van der Waals surface area contributed by atoms with Gasteiger partial charge in [0.25, 0.3) is 0 Å². The fourth-order valence-electron chi connectivity index (χ4n) is 5.26. The minimum absolute atomic E-state index is 0.172. The number of hydrogen-bond donors (Lipinski definition) is 1. The summed E-state index contributed by atoms with van der Waals surface area (Å²) in [5, 5.41) is 12.6. The Kier molecular flexibility index (Phi) is 6.21. The summed E-state index contributed by atoms with van der Waals surface area (Å²) in [6, 6.07) is 8.33. The van der Waals surface area contributed by atoms with Gasteiger partial charge in [-0.3, -0.25) is 9.88 Å². The highest BCUT2D eigenvalue weighted by Gasteiger charge is 2.42. The van der Waals surface area contributed by atoms with Crippen molar-refractivity contribution in [2.45, 2.75) is 57.6 Å². The van der Waals surface area contributed by atoms with Crippen LogP contribution < -0.4 is 4.74 Å². The second-order valence-electron chi connectivity index (χ2n) is 8.73. The molecule has 3 fully saturated rings. The van der Waals surface area contributed by atoms with Crippen molar-refractivity contribution in [1.29, 1.82) is 0 Å². The van der Waals surface area contributed by atoms with Gasteiger partial charge in [-0.05, 0) is 73.9 Å². The molecular weight excluding hydrogens is 360 g/mol. The Morgan fingerprint density at radius 1 is 1.34 bits per heavy atom. The highest BCUT2D eigenvalue weighted by molar-refractivity contribution is 5.84. The molecule has 2 bridgehead atoms. The zero-order valence-corrected chi connectivity index (χ0v) is 17.8. The average Bonchev–Trinajstić information content (AvgIpc) is 2.78. The first-order chi connectivity index (χ1) is 14.1. The van der Waals surface area contributed by atoms with E-state index in [1.807, 2.05) is 18.2 Å². The Balaban J connectivity index is 1.69. The van der Waals surface area contributed by atoms with E-state index in [0.717, 1.165) is 60.3 Å². The number of piperidine rings is 3. The molecule has 156 valence electrons. The van der Waals surface area contributed by atoms with Gasteiger partial charge in [0, 0.05) is 23.7 Å². The normalized spacial score (nSPS) is 27.1. The Morgan fingerprint density at radius 2 is 2.21 bits per heavy atom. The van der Waals surface area contributed by atoms with Crippen LogP contribution in [-0.4, -0.2) is 41.2 Å². The number of nitrogens with zero attached hydrogens (tertiary/aromatic N) is 2. The van der Waals surface area contributed by atoms with Gasteiger partial charge >= 0.3 is 0 Å². The van der Waals surface area contributed by atoms with Gasteiger partial charge in [0.05, 0.1) is 18.7 Å². The first kappa shape index (κ1) is 20.4. The lowest BCUT2D eigenvalue weighted by Crippen LogP contribution is -2.54. The standard InChI is InChI=1S/C25H34N2O2/c1-4-6-7-8-19-14-22(21-15-20(29-3)9-10-23(21)26-19)25(28)24-13-18-11-12-27(24)16-17(18)5-2/h5,9-10,14-15,17-18,24-25,28H,2,4,6-8,11-13,16H2,1,3H3/t17-,18?,24-,25+/m0/s1. The van der Waals surface area contributed by atoms with Gasteiger partial charge in [-0.15, -0.1) is 6.58 Å². The molecule has 4 nitrogen and oxygen atoms in total. The summed E-state index contributed by atoms with van der Waals surface area (Å²) in [6.07, 6.45) is 8.36. The fourth-order valence-corrected chi connectivity index (χ4v) is 5.26. The lowest BCUT2D eigenvalue weighted by atomic mass is 9.73. The molecule has 3 saturated heterocycles. The van der Waals surface area contributed by atoms with Crippen molar-refractivity contribution < 1.29 is 9.84 Å². The third-order valence-corrected chi connectivity index (χ3v) is 6.97. The number of aromatic nitrogens is 1. The van der Waals surface area contributed by atoms with Gasteiger partial charge in [0.1, 0.15) is 5.75 Å². The van der Waals surface area contributed by atoms with Gasteiger partial charge in [-0.2, -0.15) is 0 Å². The van der Waals surface area contributed by atoms with E-state index in [2.05, 4.69) is 30.5 Å². The van der Waals surface area contributed by atoms with Crippen LogP contribution in [0.2, 0.25) is 0 Å². The molecular formula is C25H34N2O2. The topological polar surface area (TPSA) is 45.6 Å². The van der Waals surface area contributed by atoms with E-state index in [1.54, 1.807) is 7.11 Å². The number of rotatable bonds is 8. The molecule has 0 spiro atoms. The summed E-state index contributed by atoms with van der Waals surface area (Å²) in [5.41, 5.74) is 3.05. The van der Waals surface area contributed by atoms with Crippen LogP contribution in [0.15, 0.2) is 36.9 Å². The predicted octanol–water partition coefficient (Wildman–Crippen LogP) is 4.91. The molecule has 0 saturated carbocycles. The molecule has 5 atom stereocenters. The third kappa shape index (κ3) is 4.06. The second kappa shape index (κ2) is 8.85. The van der Waals surface area contributed by atoms with Gasteiger partial charge in [-0.25, -0.2) is 0 Å². The molecule has 5 rings (SSSR count). The summed E-state index contributed by atoms with van der Waals surface area (Å²) >= 11 is 0. The number of aryl methyl sites for hydroxylation is 1. The molecule has 0 amide bonds. The Bertz CT molecular complexity index is 865. The number of fused-ring (bicyclic) bond motifs is 4. The maximum atomic E-state index is 11.5. The van der Waals surface area contributed by atoms with E-state index in [0.29, 0.717) is 11.8 Å². The Morgan fingerprint density at radius 3 is 2.90 bits per heavy atom. The monoisotopic (exact) mass is 394 g/mol. The summed E-state index contributed by atoms with van der Waals surface area (Å²) < 4.78 is 5.46. The largest absolute Gasteiger partial charge is 0.497 e. The van der Waals surface area contributed by atoms with Crippen molar-refractivity contribution in [3.8, 4) is 5.75 Å². The van der Waals surface area contributed by atoms with Crippen molar-refractivity contribution in [1.82, 2.24) is 9.88 Å². The lowest BCUT2D eigenvalue weighted by molar-refractivity contribution is -0.0445. The maximum absolute atomic E-state index is 11.5. The van der Waals surface area contributed by atoms with Crippen LogP contribution in [0.3, 0.4) is 0 Å². The van der Waals surface area contributed by atoms with Gasteiger partial charge < -0.3 is 9.84 Å². The van der Waals surface area contributed by atoms with E-state index in [-0.39, 0.29) is 6.04 Å². The average molecular weight is 395 g/mol. The number of methoxy groups -OCH3 is 1. The number of unbranched alkanes of at least 4 members (excludes halogenated alkanes) is 2. The van der Waals surface area contributed by atoms with E-state index in [9.17, 15) is 5.11 Å². The van der Waals surface area contributed by atoms with Gasteiger partial charge in [0.2, 0.25) is 0 Å². The molecule has 1 aromatic heterocycles. The SMILES string of the molecule is C=C[C@H]1CN2CCC1C[C@H]2[C@H](O)c1cc(CCCCC)nc2ccc(OC)cc12. The number of aliphatic hydroxyl groups excluding tert-OH is 1. The van der Waals surface area contributed by atoms with E-state index in [1.165, 1.54) is 19.3 Å². The molecule has 4 heterocycles. The highest BCUT2D eigenvalue weighted by Crippen LogP contribution is 2.42. The van der Waals surface area contributed by atoms with Crippen LogP contribution in [-0.2, 0) is 6.42 Å². The minimum atomic E-state index is -0.508. The van der Waals surface area contributed by atoms with Gasteiger partial charge in [0.15, 0.2) is 0 Å². The number of benzene rings is 1. The minimum Gasteiger partial charge on any atom is -0.497 e. The molecule has 2 unspecified atom stereocenters. The van der Waals surface area contributed by atoms with Crippen LogP contribution in [0.4, 0.5) is 0 Å². The van der Waals surface area contributed by atoms with E-state index in [4.69, 9.17) is 9.72 Å². The van der Waals surface area contributed by atoms with Crippen molar-refractivity contribution in [3.05, 3.63) is 48.2 Å². The van der Waals surface area contributed by atoms with E-state index < -0.39 is 6.10 Å². The van der Waals surface area contributed by atoms with Gasteiger partial charge in [-0.1, -0.05) is 25.8 Å². The molecule has 29 heavy (non-hydrogen) atoms. The van der Waals surface area contributed by atoms with E-state index >= 15 is 0 Å². The smallest absolute Gasteiger partial charge is 0.119 e. The summed E-state index contributed by atoms with van der Waals surface area (Å²) in [7, 11) is 1.69. The Labute approximate surface area is 174 Å². The fraction of sp³-hybridized carbons (Fsp3) is 0.560. The molecule has 3 aliphatic rings. The maximum Gasteiger partial charge on any atom is 0.119 e. The molecule has 0 aliphatic carbocycles. The molecule has 3 aliphatic heterocycles.